The summed E-state index contributed by atoms with van der Waals surface area (Å²) in [5.41, 5.74) is 1.50. The van der Waals surface area contributed by atoms with E-state index in [4.69, 9.17) is 16.3 Å². The van der Waals surface area contributed by atoms with Crippen molar-refractivity contribution in [3.05, 3.63) is 64.7 Å². The molecule has 0 saturated carbocycles. The molecule has 3 rings (SSSR count). The fourth-order valence-electron chi connectivity index (χ4n) is 3.16. The summed E-state index contributed by atoms with van der Waals surface area (Å²) in [6.07, 6.45) is 0.738. The van der Waals surface area contributed by atoms with E-state index in [1.165, 1.54) is 0 Å². The van der Waals surface area contributed by atoms with Gasteiger partial charge in [-0.1, -0.05) is 29.8 Å². The van der Waals surface area contributed by atoms with E-state index < -0.39 is 0 Å². The lowest BCUT2D eigenvalue weighted by molar-refractivity contribution is 0.0762. The number of benzene rings is 2. The average Bonchev–Trinajstić information content (AvgIpc) is 2.99. The second-order valence-corrected chi connectivity index (χ2v) is 7.02. The minimum absolute atomic E-state index is 0.0269. The molecule has 0 bridgehead atoms. The van der Waals surface area contributed by atoms with E-state index in [2.05, 4.69) is 5.32 Å². The van der Waals surface area contributed by atoms with Crippen molar-refractivity contribution in [1.82, 2.24) is 15.1 Å². The molecule has 28 heavy (non-hydrogen) atoms. The van der Waals surface area contributed by atoms with Crippen molar-refractivity contribution in [1.29, 1.82) is 0 Å². The highest BCUT2D eigenvalue weighted by molar-refractivity contribution is 6.31. The summed E-state index contributed by atoms with van der Waals surface area (Å²) in [7, 11) is 1.59. The molecule has 0 atom stereocenters. The Kier molecular flexibility index (Phi) is 6.76. The summed E-state index contributed by atoms with van der Waals surface area (Å²) in [5.74, 6) is 0.690. The number of nitrogens with one attached hydrogen (secondary N) is 1. The van der Waals surface area contributed by atoms with Gasteiger partial charge in [0.15, 0.2) is 0 Å². The molecule has 2 aromatic carbocycles. The summed E-state index contributed by atoms with van der Waals surface area (Å²) >= 11 is 6.13. The summed E-state index contributed by atoms with van der Waals surface area (Å²) in [6.45, 7) is 2.62. The summed E-state index contributed by atoms with van der Waals surface area (Å²) in [4.78, 5) is 28.8. The molecule has 0 radical (unpaired) electrons. The summed E-state index contributed by atoms with van der Waals surface area (Å²) < 4.78 is 5.13. The number of ether oxygens (including phenoxy) is 1. The van der Waals surface area contributed by atoms with Gasteiger partial charge >= 0.3 is 6.03 Å². The van der Waals surface area contributed by atoms with Gasteiger partial charge in [-0.05, 0) is 42.3 Å². The Morgan fingerprint density at radius 3 is 2.39 bits per heavy atom. The van der Waals surface area contributed by atoms with Crippen molar-refractivity contribution in [2.45, 2.75) is 13.0 Å². The van der Waals surface area contributed by atoms with Crippen LogP contribution >= 0.6 is 11.6 Å². The maximum atomic E-state index is 12.7. The van der Waals surface area contributed by atoms with Gasteiger partial charge in [-0.2, -0.15) is 0 Å². The third-order valence-electron chi connectivity index (χ3n) is 4.80. The highest BCUT2D eigenvalue weighted by Gasteiger charge is 2.22. The van der Waals surface area contributed by atoms with Crippen molar-refractivity contribution in [2.24, 2.45) is 0 Å². The highest BCUT2D eigenvalue weighted by Crippen LogP contribution is 2.16. The number of urea groups is 1. The molecule has 148 valence electrons. The molecule has 1 fully saturated rings. The first-order chi connectivity index (χ1) is 13.6. The third kappa shape index (κ3) is 4.95. The molecule has 1 N–H and O–H groups in total. The normalized spacial score (nSPS) is 14.4. The van der Waals surface area contributed by atoms with Gasteiger partial charge in [-0.3, -0.25) is 4.79 Å². The topological polar surface area (TPSA) is 61.9 Å². The largest absolute Gasteiger partial charge is 0.497 e. The van der Waals surface area contributed by atoms with E-state index in [9.17, 15) is 9.59 Å². The first-order valence-electron chi connectivity index (χ1n) is 9.28. The fraction of sp³-hybridized carbons (Fsp3) is 0.333. The van der Waals surface area contributed by atoms with Crippen LogP contribution in [0.25, 0.3) is 0 Å². The van der Waals surface area contributed by atoms with E-state index >= 15 is 0 Å². The minimum atomic E-state index is -0.140. The van der Waals surface area contributed by atoms with E-state index in [1.807, 2.05) is 18.2 Å². The van der Waals surface area contributed by atoms with Gasteiger partial charge in [0.2, 0.25) is 0 Å². The van der Waals surface area contributed by atoms with E-state index in [0.717, 1.165) is 12.0 Å². The first kappa shape index (κ1) is 20.0. The summed E-state index contributed by atoms with van der Waals surface area (Å²) in [6, 6.07) is 14.4. The Bertz CT molecular complexity index is 826. The Labute approximate surface area is 170 Å². The van der Waals surface area contributed by atoms with Crippen LogP contribution in [0.2, 0.25) is 5.02 Å². The smallest absolute Gasteiger partial charge is 0.317 e. The molecular weight excluding hydrogens is 378 g/mol. The average molecular weight is 402 g/mol. The van der Waals surface area contributed by atoms with E-state index in [0.29, 0.717) is 49.1 Å². The van der Waals surface area contributed by atoms with Crippen LogP contribution in [0.3, 0.4) is 0 Å². The standard InChI is InChI=1S/C21H24ClN3O3/c1-28-18-9-7-16(8-10-18)20(26)24-11-4-12-25(14-13-24)21(27)23-15-17-5-2-3-6-19(17)22/h2-3,5-10H,4,11-15H2,1H3,(H,23,27). The number of methoxy groups -OCH3 is 1. The molecule has 0 spiro atoms. The maximum absolute atomic E-state index is 12.7. The predicted molar refractivity (Wildman–Crippen MR) is 109 cm³/mol. The van der Waals surface area contributed by atoms with Gasteiger partial charge in [-0.15, -0.1) is 0 Å². The Morgan fingerprint density at radius 1 is 1.00 bits per heavy atom. The van der Waals surface area contributed by atoms with Crippen molar-refractivity contribution in [3.63, 3.8) is 0 Å². The van der Waals surface area contributed by atoms with Crippen LogP contribution in [0.15, 0.2) is 48.5 Å². The van der Waals surface area contributed by atoms with Crippen molar-refractivity contribution in [2.75, 3.05) is 33.3 Å². The fourth-order valence-corrected chi connectivity index (χ4v) is 3.37. The molecule has 0 unspecified atom stereocenters. The van der Waals surface area contributed by atoms with Crippen molar-refractivity contribution >= 4 is 23.5 Å². The SMILES string of the molecule is COc1ccc(C(=O)N2CCCN(C(=O)NCc3ccccc3Cl)CC2)cc1. The molecule has 7 heteroatoms. The van der Waals surface area contributed by atoms with Crippen LogP contribution < -0.4 is 10.1 Å². The number of hydrogen-bond donors (Lipinski definition) is 1. The lowest BCUT2D eigenvalue weighted by atomic mass is 10.2. The Hall–Kier alpha value is -2.73. The number of rotatable bonds is 4. The number of amides is 3. The molecule has 2 aromatic rings. The molecule has 1 heterocycles. The molecule has 1 saturated heterocycles. The molecule has 3 amide bonds. The quantitative estimate of drug-likeness (QED) is 0.854. The zero-order valence-corrected chi connectivity index (χ0v) is 16.6. The van der Waals surface area contributed by atoms with Crippen molar-refractivity contribution in [3.8, 4) is 5.75 Å². The van der Waals surface area contributed by atoms with E-state index in [1.54, 1.807) is 47.2 Å². The second kappa shape index (κ2) is 9.46. The molecule has 6 nitrogen and oxygen atoms in total. The van der Waals surface area contributed by atoms with Crippen molar-refractivity contribution < 1.29 is 14.3 Å². The highest BCUT2D eigenvalue weighted by atomic mass is 35.5. The van der Waals surface area contributed by atoms with Crippen LogP contribution in [0.1, 0.15) is 22.3 Å². The number of carbonyl (C=O) groups excluding carboxylic acids is 2. The molecule has 1 aliphatic rings. The predicted octanol–water partition coefficient (Wildman–Crippen LogP) is 3.41. The zero-order valence-electron chi connectivity index (χ0n) is 15.9. The lowest BCUT2D eigenvalue weighted by Gasteiger charge is -2.22. The van der Waals surface area contributed by atoms with Gasteiger partial charge in [0.05, 0.1) is 7.11 Å². The van der Waals surface area contributed by atoms with Crippen LogP contribution in [-0.4, -0.2) is 55.0 Å². The maximum Gasteiger partial charge on any atom is 0.317 e. The summed E-state index contributed by atoms with van der Waals surface area (Å²) in [5, 5.41) is 3.55. The Morgan fingerprint density at radius 2 is 1.68 bits per heavy atom. The Balaban J connectivity index is 1.54. The van der Waals surface area contributed by atoms with Gasteiger partial charge in [0, 0.05) is 43.3 Å². The number of halogens is 1. The monoisotopic (exact) mass is 401 g/mol. The second-order valence-electron chi connectivity index (χ2n) is 6.61. The van der Waals surface area contributed by atoms with Crippen LogP contribution in [-0.2, 0) is 6.54 Å². The van der Waals surface area contributed by atoms with Gasteiger partial charge in [-0.25, -0.2) is 4.79 Å². The van der Waals surface area contributed by atoms with Crippen LogP contribution in [0.4, 0.5) is 4.79 Å². The molecule has 1 aliphatic heterocycles. The van der Waals surface area contributed by atoms with Gasteiger partial charge < -0.3 is 19.9 Å². The molecule has 0 aromatic heterocycles. The molecule has 0 aliphatic carbocycles. The van der Waals surface area contributed by atoms with Crippen LogP contribution in [0, 0.1) is 0 Å². The zero-order chi connectivity index (χ0) is 19.9. The number of hydrogen-bond acceptors (Lipinski definition) is 3. The minimum Gasteiger partial charge on any atom is -0.497 e. The third-order valence-corrected chi connectivity index (χ3v) is 5.16. The van der Waals surface area contributed by atoms with Gasteiger partial charge in [0.25, 0.3) is 5.91 Å². The lowest BCUT2D eigenvalue weighted by Crippen LogP contribution is -2.42. The molecular formula is C21H24ClN3O3. The number of carbonyl (C=O) groups is 2. The van der Waals surface area contributed by atoms with Crippen LogP contribution in [0.5, 0.6) is 5.75 Å². The van der Waals surface area contributed by atoms with Gasteiger partial charge in [0.1, 0.15) is 5.75 Å². The number of nitrogens with zero attached hydrogens (tertiary/aromatic N) is 2. The van der Waals surface area contributed by atoms with E-state index in [-0.39, 0.29) is 11.9 Å². The first-order valence-corrected chi connectivity index (χ1v) is 9.66.